The van der Waals surface area contributed by atoms with Gasteiger partial charge in [0.1, 0.15) is 0 Å². The van der Waals surface area contributed by atoms with E-state index < -0.39 is 0 Å². The lowest BCUT2D eigenvalue weighted by Gasteiger charge is -2.25. The predicted octanol–water partition coefficient (Wildman–Crippen LogP) is 6.88. The predicted molar refractivity (Wildman–Crippen MR) is 122 cm³/mol. The summed E-state index contributed by atoms with van der Waals surface area (Å²) in [5, 5.41) is 0. The summed E-state index contributed by atoms with van der Waals surface area (Å²) in [6, 6.07) is 0. The highest BCUT2D eigenvalue weighted by molar-refractivity contribution is 4.92. The Morgan fingerprint density at radius 1 is 0.893 bits per heavy atom. The van der Waals surface area contributed by atoms with Gasteiger partial charge in [0, 0.05) is 13.0 Å². The first-order valence-electron chi connectivity index (χ1n) is 11.8. The smallest absolute Gasteiger partial charge is 0.167 e. The summed E-state index contributed by atoms with van der Waals surface area (Å²) in [7, 11) is 4.19. The highest BCUT2D eigenvalue weighted by Crippen LogP contribution is 2.29. The number of unbranched alkanes of at least 4 members (excludes halogenated alkanes) is 8. The van der Waals surface area contributed by atoms with Gasteiger partial charge in [-0.3, -0.25) is 0 Å². The average Bonchev–Trinajstić information content (AvgIpc) is 3.05. The Kier molecular flexibility index (Phi) is 14.7. The van der Waals surface area contributed by atoms with Crippen LogP contribution in [0.3, 0.4) is 0 Å². The Labute approximate surface area is 175 Å². The lowest BCUT2D eigenvalue weighted by Crippen LogP contribution is -2.31. The average molecular weight is 394 g/mol. The van der Waals surface area contributed by atoms with Gasteiger partial charge in [0.05, 0.1) is 12.7 Å². The molecule has 0 spiro atoms. The quantitative estimate of drug-likeness (QED) is 0.198. The summed E-state index contributed by atoms with van der Waals surface area (Å²) in [6.45, 7) is 6.12. The molecule has 0 amide bonds. The third-order valence-electron chi connectivity index (χ3n) is 5.48. The molecule has 0 radical (unpaired) electrons. The largest absolute Gasteiger partial charge is 0.347 e. The summed E-state index contributed by atoms with van der Waals surface area (Å²) >= 11 is 0. The van der Waals surface area contributed by atoms with Gasteiger partial charge in [0.2, 0.25) is 0 Å². The van der Waals surface area contributed by atoms with Gasteiger partial charge >= 0.3 is 0 Å². The van der Waals surface area contributed by atoms with Crippen LogP contribution in [0.4, 0.5) is 0 Å². The summed E-state index contributed by atoms with van der Waals surface area (Å²) in [6.07, 6.45) is 25.9. The van der Waals surface area contributed by atoms with Crippen LogP contribution in [-0.2, 0) is 9.47 Å². The van der Waals surface area contributed by atoms with Crippen molar-refractivity contribution in [2.75, 3.05) is 27.2 Å². The van der Waals surface area contributed by atoms with E-state index in [1.165, 1.54) is 64.2 Å². The van der Waals surface area contributed by atoms with E-state index in [1.54, 1.807) is 0 Å². The van der Waals surface area contributed by atoms with E-state index in [9.17, 15) is 0 Å². The van der Waals surface area contributed by atoms with Crippen LogP contribution in [0.1, 0.15) is 97.3 Å². The Bertz CT molecular complexity index is 419. The first-order valence-corrected chi connectivity index (χ1v) is 11.8. The Hall–Kier alpha value is -0.640. The van der Waals surface area contributed by atoms with Gasteiger partial charge < -0.3 is 14.4 Å². The van der Waals surface area contributed by atoms with Crippen molar-refractivity contribution < 1.29 is 9.47 Å². The topological polar surface area (TPSA) is 21.7 Å². The molecule has 0 aromatic heterocycles. The summed E-state index contributed by atoms with van der Waals surface area (Å²) in [5.74, 6) is -0.369. The number of allylic oxidation sites excluding steroid dienone is 4. The van der Waals surface area contributed by atoms with Gasteiger partial charge in [-0.2, -0.15) is 0 Å². The second-order valence-corrected chi connectivity index (χ2v) is 8.76. The molecule has 1 heterocycles. The molecule has 1 rings (SSSR count). The number of ether oxygens (including phenoxy) is 2. The minimum atomic E-state index is -0.369. The van der Waals surface area contributed by atoms with Crippen molar-refractivity contribution in [2.24, 2.45) is 0 Å². The molecule has 0 saturated carbocycles. The third-order valence-corrected chi connectivity index (χ3v) is 5.48. The molecule has 28 heavy (non-hydrogen) atoms. The van der Waals surface area contributed by atoms with Gasteiger partial charge in [0.15, 0.2) is 5.79 Å². The van der Waals surface area contributed by atoms with E-state index in [-0.39, 0.29) is 5.79 Å². The molecule has 0 aromatic carbocycles. The van der Waals surface area contributed by atoms with Crippen LogP contribution in [-0.4, -0.2) is 44.0 Å². The normalized spacial score (nSPS) is 23.0. The van der Waals surface area contributed by atoms with Crippen molar-refractivity contribution in [1.82, 2.24) is 4.90 Å². The molecule has 164 valence electrons. The number of hydrogen-bond donors (Lipinski definition) is 0. The first-order chi connectivity index (χ1) is 13.6. The second-order valence-electron chi connectivity index (χ2n) is 8.76. The fraction of sp³-hybridized carbons (Fsp3) is 0.840. The van der Waals surface area contributed by atoms with E-state index >= 15 is 0 Å². The van der Waals surface area contributed by atoms with Gasteiger partial charge in [-0.1, -0.05) is 69.8 Å². The molecule has 2 atom stereocenters. The highest BCUT2D eigenvalue weighted by atomic mass is 16.7. The van der Waals surface area contributed by atoms with Crippen LogP contribution >= 0.6 is 0 Å². The van der Waals surface area contributed by atoms with Gasteiger partial charge in [0.25, 0.3) is 0 Å². The molecule has 3 nitrogen and oxygen atoms in total. The van der Waals surface area contributed by atoms with Crippen LogP contribution in [0, 0.1) is 0 Å². The molecular formula is C25H47NO2. The highest BCUT2D eigenvalue weighted by Gasteiger charge is 2.36. The van der Waals surface area contributed by atoms with Crippen LogP contribution in [0.5, 0.6) is 0 Å². The molecule has 0 aliphatic carbocycles. The maximum Gasteiger partial charge on any atom is 0.167 e. The fourth-order valence-electron chi connectivity index (χ4n) is 3.57. The van der Waals surface area contributed by atoms with Crippen molar-refractivity contribution in [2.45, 2.75) is 109 Å². The van der Waals surface area contributed by atoms with Gasteiger partial charge in [-0.05, 0) is 59.5 Å². The summed E-state index contributed by atoms with van der Waals surface area (Å²) in [4.78, 5) is 2.19. The van der Waals surface area contributed by atoms with E-state index in [4.69, 9.17) is 9.47 Å². The number of rotatable bonds is 17. The molecule has 1 aliphatic rings. The maximum absolute atomic E-state index is 6.15. The maximum atomic E-state index is 6.15. The van der Waals surface area contributed by atoms with Crippen molar-refractivity contribution >= 4 is 0 Å². The Morgan fingerprint density at radius 3 is 2.21 bits per heavy atom. The standard InChI is InChI=1S/C25H47NO2/c1-5-6-7-8-9-10-11-12-13-14-15-16-17-18-19-20-24-23-27-25(2,28-24)21-22-26(3)4/h9-10,12-13,24H,5-8,11,14-23H2,1-4H3/b10-9-,13-12-/t24?,25-/m0/s1. The minimum absolute atomic E-state index is 0.296. The van der Waals surface area contributed by atoms with Gasteiger partial charge in [-0.25, -0.2) is 0 Å². The molecule has 1 unspecified atom stereocenters. The minimum Gasteiger partial charge on any atom is -0.347 e. The molecule has 1 saturated heterocycles. The van der Waals surface area contributed by atoms with E-state index in [0.29, 0.717) is 6.10 Å². The molecule has 1 aliphatic heterocycles. The van der Waals surface area contributed by atoms with E-state index in [2.05, 4.69) is 57.1 Å². The fourth-order valence-corrected chi connectivity index (χ4v) is 3.57. The molecule has 0 bridgehead atoms. The number of hydrogen-bond acceptors (Lipinski definition) is 3. The molecule has 1 fully saturated rings. The van der Waals surface area contributed by atoms with Gasteiger partial charge in [-0.15, -0.1) is 0 Å². The Morgan fingerprint density at radius 2 is 1.54 bits per heavy atom. The molecule has 3 heteroatoms. The molecular weight excluding hydrogens is 346 g/mol. The van der Waals surface area contributed by atoms with E-state index in [0.717, 1.165) is 32.4 Å². The summed E-state index contributed by atoms with van der Waals surface area (Å²) < 4.78 is 12.1. The van der Waals surface area contributed by atoms with Crippen LogP contribution in [0.2, 0.25) is 0 Å². The van der Waals surface area contributed by atoms with Crippen molar-refractivity contribution in [1.29, 1.82) is 0 Å². The van der Waals surface area contributed by atoms with Crippen LogP contribution < -0.4 is 0 Å². The Balaban J connectivity index is 1.90. The first kappa shape index (κ1) is 25.4. The molecule has 0 N–H and O–H groups in total. The molecule has 0 aromatic rings. The third kappa shape index (κ3) is 13.5. The zero-order chi connectivity index (χ0) is 20.5. The van der Waals surface area contributed by atoms with Crippen LogP contribution in [0.15, 0.2) is 24.3 Å². The van der Waals surface area contributed by atoms with Crippen LogP contribution in [0.25, 0.3) is 0 Å². The van der Waals surface area contributed by atoms with Crippen molar-refractivity contribution in [3.05, 3.63) is 24.3 Å². The van der Waals surface area contributed by atoms with Crippen molar-refractivity contribution in [3.8, 4) is 0 Å². The summed E-state index contributed by atoms with van der Waals surface area (Å²) in [5.41, 5.74) is 0. The van der Waals surface area contributed by atoms with Crippen molar-refractivity contribution in [3.63, 3.8) is 0 Å². The second kappa shape index (κ2) is 16.2. The lowest BCUT2D eigenvalue weighted by molar-refractivity contribution is -0.160. The van der Waals surface area contributed by atoms with E-state index in [1.807, 2.05) is 0 Å². The zero-order valence-corrected chi connectivity index (χ0v) is 19.3. The monoisotopic (exact) mass is 393 g/mol. The number of nitrogens with zero attached hydrogens (tertiary/aromatic N) is 1. The zero-order valence-electron chi connectivity index (χ0n) is 19.3. The SMILES string of the molecule is CCCCC/C=C\C/C=C\CCCCCCCC1CO[C@](C)(CCN(C)C)O1. The lowest BCUT2D eigenvalue weighted by atomic mass is 10.1.